The van der Waals surface area contributed by atoms with Gasteiger partial charge in [-0.3, -0.25) is 0 Å². The molecule has 0 fully saturated rings. The van der Waals surface area contributed by atoms with Crippen molar-refractivity contribution in [2.45, 2.75) is 12.5 Å². The standard InChI is InChI=1S/C14H13N3S/c15-11(9-10-5-2-1-3-6-10)13-17-12-7-4-8-16-14(12)18-13/h1-8,11H,9,15H2. The fraction of sp³-hybridized carbons (Fsp3) is 0.143. The molecule has 0 amide bonds. The molecule has 4 heteroatoms. The lowest BCUT2D eigenvalue weighted by atomic mass is 10.1. The molecular formula is C14H13N3S. The molecule has 0 aliphatic rings. The third-order valence-corrected chi connectivity index (χ3v) is 3.91. The molecule has 2 heterocycles. The van der Waals surface area contributed by atoms with Crippen molar-refractivity contribution in [1.82, 2.24) is 9.97 Å². The van der Waals surface area contributed by atoms with Crippen molar-refractivity contribution in [2.75, 3.05) is 0 Å². The number of hydrogen-bond acceptors (Lipinski definition) is 4. The fourth-order valence-electron chi connectivity index (χ4n) is 1.90. The van der Waals surface area contributed by atoms with Crippen LogP contribution in [-0.2, 0) is 6.42 Å². The lowest BCUT2D eigenvalue weighted by Gasteiger charge is -2.07. The Bertz CT molecular complexity index is 615. The maximum Gasteiger partial charge on any atom is 0.143 e. The van der Waals surface area contributed by atoms with Crippen molar-refractivity contribution >= 4 is 21.7 Å². The van der Waals surface area contributed by atoms with Gasteiger partial charge in [-0.15, -0.1) is 0 Å². The Balaban J connectivity index is 1.86. The number of nitrogens with two attached hydrogens (primary N) is 1. The van der Waals surface area contributed by atoms with Crippen LogP contribution >= 0.6 is 11.3 Å². The Morgan fingerprint density at radius 2 is 1.94 bits per heavy atom. The summed E-state index contributed by atoms with van der Waals surface area (Å²) in [7, 11) is 0. The minimum Gasteiger partial charge on any atom is -0.322 e. The molecule has 0 saturated carbocycles. The third-order valence-electron chi connectivity index (χ3n) is 2.80. The van der Waals surface area contributed by atoms with Gasteiger partial charge in [-0.25, -0.2) is 9.97 Å². The van der Waals surface area contributed by atoms with E-state index < -0.39 is 0 Å². The Labute approximate surface area is 109 Å². The quantitative estimate of drug-likeness (QED) is 0.783. The van der Waals surface area contributed by atoms with Crippen LogP contribution < -0.4 is 5.73 Å². The minimum atomic E-state index is -0.0633. The Hall–Kier alpha value is -1.78. The molecule has 0 aliphatic heterocycles. The molecule has 0 bridgehead atoms. The summed E-state index contributed by atoms with van der Waals surface area (Å²) in [5.41, 5.74) is 8.38. The van der Waals surface area contributed by atoms with Crippen molar-refractivity contribution in [1.29, 1.82) is 0 Å². The van der Waals surface area contributed by atoms with Gasteiger partial charge in [-0.2, -0.15) is 0 Å². The summed E-state index contributed by atoms with van der Waals surface area (Å²) in [6.45, 7) is 0. The van der Waals surface area contributed by atoms with Crippen LogP contribution in [0.4, 0.5) is 0 Å². The highest BCUT2D eigenvalue weighted by molar-refractivity contribution is 7.18. The van der Waals surface area contributed by atoms with Gasteiger partial charge in [0.05, 0.1) is 6.04 Å². The van der Waals surface area contributed by atoms with Gasteiger partial charge in [-0.05, 0) is 24.1 Å². The van der Waals surface area contributed by atoms with Crippen LogP contribution in [0.5, 0.6) is 0 Å². The molecule has 18 heavy (non-hydrogen) atoms. The summed E-state index contributed by atoms with van der Waals surface area (Å²) >= 11 is 1.58. The van der Waals surface area contributed by atoms with Crippen LogP contribution in [0.25, 0.3) is 10.3 Å². The van der Waals surface area contributed by atoms with Crippen LogP contribution in [0.1, 0.15) is 16.6 Å². The Morgan fingerprint density at radius 3 is 2.72 bits per heavy atom. The molecule has 2 N–H and O–H groups in total. The van der Waals surface area contributed by atoms with Gasteiger partial charge < -0.3 is 5.73 Å². The monoisotopic (exact) mass is 255 g/mol. The molecule has 1 aromatic carbocycles. The van der Waals surface area contributed by atoms with Gasteiger partial charge in [0.2, 0.25) is 0 Å². The number of nitrogens with zero attached hydrogens (tertiary/aromatic N) is 2. The molecule has 1 atom stereocenters. The number of aromatic nitrogens is 2. The summed E-state index contributed by atoms with van der Waals surface area (Å²) < 4.78 is 0. The molecule has 0 spiro atoms. The number of fused-ring (bicyclic) bond motifs is 1. The van der Waals surface area contributed by atoms with E-state index in [4.69, 9.17) is 5.73 Å². The Morgan fingerprint density at radius 1 is 1.11 bits per heavy atom. The highest BCUT2D eigenvalue weighted by Crippen LogP contribution is 2.25. The lowest BCUT2D eigenvalue weighted by molar-refractivity contribution is 0.717. The zero-order valence-electron chi connectivity index (χ0n) is 9.78. The number of benzene rings is 1. The largest absolute Gasteiger partial charge is 0.322 e. The molecule has 0 aliphatic carbocycles. The van der Waals surface area contributed by atoms with Gasteiger partial charge in [0.25, 0.3) is 0 Å². The van der Waals surface area contributed by atoms with E-state index in [9.17, 15) is 0 Å². The Kier molecular flexibility index (Phi) is 3.04. The molecule has 2 aromatic heterocycles. The average Bonchev–Trinajstić information content (AvgIpc) is 2.84. The molecule has 90 valence electrons. The first-order valence-electron chi connectivity index (χ1n) is 5.84. The minimum absolute atomic E-state index is 0.0633. The highest BCUT2D eigenvalue weighted by Gasteiger charge is 2.12. The van der Waals surface area contributed by atoms with Crippen molar-refractivity contribution < 1.29 is 0 Å². The van der Waals surface area contributed by atoms with Gasteiger partial charge in [0, 0.05) is 6.20 Å². The molecule has 3 nitrogen and oxygen atoms in total. The fourth-order valence-corrected chi connectivity index (χ4v) is 2.81. The van der Waals surface area contributed by atoms with E-state index in [1.54, 1.807) is 17.5 Å². The maximum absolute atomic E-state index is 6.21. The third kappa shape index (κ3) is 2.25. The highest BCUT2D eigenvalue weighted by atomic mass is 32.1. The van der Waals surface area contributed by atoms with Crippen LogP contribution in [0, 0.1) is 0 Å². The van der Waals surface area contributed by atoms with Crippen LogP contribution in [-0.4, -0.2) is 9.97 Å². The second-order valence-electron chi connectivity index (χ2n) is 4.18. The number of hydrogen-bond donors (Lipinski definition) is 1. The molecular weight excluding hydrogens is 242 g/mol. The van der Waals surface area contributed by atoms with E-state index >= 15 is 0 Å². The van der Waals surface area contributed by atoms with E-state index in [2.05, 4.69) is 22.1 Å². The van der Waals surface area contributed by atoms with Gasteiger partial charge in [0.1, 0.15) is 15.4 Å². The van der Waals surface area contributed by atoms with Gasteiger partial charge in [0.15, 0.2) is 0 Å². The van der Waals surface area contributed by atoms with Crippen LogP contribution in [0.3, 0.4) is 0 Å². The molecule has 3 aromatic rings. The second-order valence-corrected chi connectivity index (χ2v) is 5.19. The topological polar surface area (TPSA) is 51.8 Å². The smallest absolute Gasteiger partial charge is 0.143 e. The van der Waals surface area contributed by atoms with Crippen molar-refractivity contribution in [3.63, 3.8) is 0 Å². The molecule has 0 saturated heterocycles. The van der Waals surface area contributed by atoms with E-state index in [1.807, 2.05) is 30.3 Å². The van der Waals surface area contributed by atoms with E-state index in [0.29, 0.717) is 0 Å². The summed E-state index contributed by atoms with van der Waals surface area (Å²) in [5.74, 6) is 0. The molecule has 1 unspecified atom stereocenters. The average molecular weight is 255 g/mol. The predicted molar refractivity (Wildman–Crippen MR) is 74.5 cm³/mol. The molecule has 0 radical (unpaired) electrons. The normalized spacial score (nSPS) is 12.7. The van der Waals surface area contributed by atoms with E-state index in [-0.39, 0.29) is 6.04 Å². The number of rotatable bonds is 3. The van der Waals surface area contributed by atoms with Crippen LogP contribution in [0.15, 0.2) is 48.7 Å². The van der Waals surface area contributed by atoms with Crippen molar-refractivity contribution in [2.24, 2.45) is 5.73 Å². The maximum atomic E-state index is 6.21. The van der Waals surface area contributed by atoms with E-state index in [0.717, 1.165) is 21.8 Å². The van der Waals surface area contributed by atoms with Crippen molar-refractivity contribution in [3.8, 4) is 0 Å². The first-order chi connectivity index (χ1) is 8.83. The predicted octanol–water partition coefficient (Wildman–Crippen LogP) is 2.93. The summed E-state index contributed by atoms with van der Waals surface area (Å²) in [5, 5.41) is 0.951. The summed E-state index contributed by atoms with van der Waals surface area (Å²) in [6, 6.07) is 14.1. The van der Waals surface area contributed by atoms with Gasteiger partial charge >= 0.3 is 0 Å². The number of thiazole rings is 1. The summed E-state index contributed by atoms with van der Waals surface area (Å²) in [4.78, 5) is 9.79. The number of pyridine rings is 1. The molecule has 3 rings (SSSR count). The summed E-state index contributed by atoms with van der Waals surface area (Å²) in [6.07, 6.45) is 2.59. The zero-order valence-corrected chi connectivity index (χ0v) is 10.6. The first kappa shape index (κ1) is 11.3. The van der Waals surface area contributed by atoms with Gasteiger partial charge in [-0.1, -0.05) is 41.7 Å². The first-order valence-corrected chi connectivity index (χ1v) is 6.65. The van der Waals surface area contributed by atoms with E-state index in [1.165, 1.54) is 5.56 Å². The zero-order chi connectivity index (χ0) is 12.4. The SMILES string of the molecule is NC(Cc1ccccc1)c1nc2cccnc2s1. The van der Waals surface area contributed by atoms with Crippen molar-refractivity contribution in [3.05, 3.63) is 59.2 Å². The second kappa shape index (κ2) is 4.84. The van der Waals surface area contributed by atoms with Crippen LogP contribution in [0.2, 0.25) is 0 Å². The lowest BCUT2D eigenvalue weighted by Crippen LogP contribution is -2.12.